The molecule has 0 saturated carbocycles. The zero-order chi connectivity index (χ0) is 37.0. The highest BCUT2D eigenvalue weighted by molar-refractivity contribution is 6.10. The van der Waals surface area contributed by atoms with E-state index >= 15 is 0 Å². The second-order valence-corrected chi connectivity index (χ2v) is 14.4. The van der Waals surface area contributed by atoms with Gasteiger partial charge in [0.15, 0.2) is 11.6 Å². The quantitative estimate of drug-likeness (QED) is 0.172. The Morgan fingerprint density at radius 3 is 1.70 bits per heavy atom. The van der Waals surface area contributed by atoms with Crippen LogP contribution in [0.5, 0.6) is 0 Å². The van der Waals surface area contributed by atoms with E-state index in [2.05, 4.69) is 149 Å². The molecule has 5 heteroatoms. The number of hydrogen-bond donors (Lipinski definition) is 0. The van der Waals surface area contributed by atoms with E-state index in [4.69, 9.17) is 15.0 Å². The van der Waals surface area contributed by atoms with Crippen molar-refractivity contribution in [3.63, 3.8) is 0 Å². The SMILES string of the molecule is C1=CC2c3cc(-c4ccc5c(c4)c4ccccc4n5-c4nc(-c5ccccc5)nc(-c5ccccc5)n4)c(-c4ccccc4)cc3N(c3ccccc3)C2C=C1. The van der Waals surface area contributed by atoms with Crippen molar-refractivity contribution < 1.29 is 0 Å². The fourth-order valence-electron chi connectivity index (χ4n) is 8.62. The molecule has 2 aromatic heterocycles. The van der Waals surface area contributed by atoms with Gasteiger partial charge in [-0.3, -0.25) is 4.57 Å². The number of nitrogens with zero attached hydrogens (tertiary/aromatic N) is 5. The number of allylic oxidation sites excluding steroid dienone is 2. The molecule has 0 amide bonds. The van der Waals surface area contributed by atoms with Crippen molar-refractivity contribution in [1.82, 2.24) is 19.5 Å². The Morgan fingerprint density at radius 1 is 0.429 bits per heavy atom. The Kier molecular flexibility index (Phi) is 7.56. The molecule has 5 nitrogen and oxygen atoms in total. The fraction of sp³-hybridized carbons (Fsp3) is 0.0392. The summed E-state index contributed by atoms with van der Waals surface area (Å²) in [4.78, 5) is 17.8. The highest BCUT2D eigenvalue weighted by Gasteiger charge is 2.38. The Hall–Kier alpha value is -7.37. The van der Waals surface area contributed by atoms with Gasteiger partial charge in [-0.15, -0.1) is 0 Å². The molecular weight excluding hydrogens is 683 g/mol. The summed E-state index contributed by atoms with van der Waals surface area (Å²) >= 11 is 0. The Labute approximate surface area is 325 Å². The third-order valence-corrected chi connectivity index (χ3v) is 11.2. The largest absolute Gasteiger partial charge is 0.333 e. The number of fused-ring (bicyclic) bond motifs is 6. The maximum absolute atomic E-state index is 5.14. The zero-order valence-electron chi connectivity index (χ0n) is 30.4. The van der Waals surface area contributed by atoms with Crippen molar-refractivity contribution in [3.8, 4) is 51.0 Å². The van der Waals surface area contributed by atoms with Crippen LogP contribution in [0.4, 0.5) is 11.4 Å². The van der Waals surface area contributed by atoms with Crippen LogP contribution in [-0.2, 0) is 0 Å². The molecule has 0 N–H and O–H groups in total. The van der Waals surface area contributed by atoms with Gasteiger partial charge >= 0.3 is 0 Å². The molecule has 0 fully saturated rings. The van der Waals surface area contributed by atoms with Crippen molar-refractivity contribution in [2.75, 3.05) is 4.90 Å². The molecule has 56 heavy (non-hydrogen) atoms. The summed E-state index contributed by atoms with van der Waals surface area (Å²) in [6.45, 7) is 0. The molecular formula is C51H35N5. The van der Waals surface area contributed by atoms with Crippen molar-refractivity contribution >= 4 is 33.2 Å². The number of hydrogen-bond acceptors (Lipinski definition) is 4. The summed E-state index contributed by atoms with van der Waals surface area (Å²) in [5.74, 6) is 2.10. The zero-order valence-corrected chi connectivity index (χ0v) is 30.4. The monoisotopic (exact) mass is 717 g/mol. The minimum atomic E-state index is 0.207. The second kappa shape index (κ2) is 13.2. The normalized spacial score (nSPS) is 15.7. The summed E-state index contributed by atoms with van der Waals surface area (Å²) in [7, 11) is 0. The first kappa shape index (κ1) is 32.1. The minimum absolute atomic E-state index is 0.207. The molecule has 1 aliphatic carbocycles. The van der Waals surface area contributed by atoms with Crippen LogP contribution >= 0.6 is 0 Å². The van der Waals surface area contributed by atoms with Gasteiger partial charge < -0.3 is 4.90 Å². The first-order valence-electron chi connectivity index (χ1n) is 19.1. The summed E-state index contributed by atoms with van der Waals surface area (Å²) in [5.41, 5.74) is 12.5. The lowest BCUT2D eigenvalue weighted by molar-refractivity contribution is 0.745. The van der Waals surface area contributed by atoms with Gasteiger partial charge in [0.25, 0.3) is 0 Å². The van der Waals surface area contributed by atoms with E-state index in [1.807, 2.05) is 60.7 Å². The highest BCUT2D eigenvalue weighted by atomic mass is 15.2. The number of aromatic nitrogens is 4. The van der Waals surface area contributed by atoms with Gasteiger partial charge in [-0.2, -0.15) is 9.97 Å². The Morgan fingerprint density at radius 2 is 1.00 bits per heavy atom. The topological polar surface area (TPSA) is 46.8 Å². The summed E-state index contributed by atoms with van der Waals surface area (Å²) in [6.07, 6.45) is 9.08. The van der Waals surface area contributed by atoms with Crippen molar-refractivity contribution in [2.24, 2.45) is 0 Å². The van der Waals surface area contributed by atoms with Gasteiger partial charge in [0.2, 0.25) is 5.95 Å². The molecule has 264 valence electrons. The fourth-order valence-corrected chi connectivity index (χ4v) is 8.62. The van der Waals surface area contributed by atoms with Gasteiger partial charge in [-0.25, -0.2) is 4.98 Å². The molecule has 0 spiro atoms. The predicted molar refractivity (Wildman–Crippen MR) is 229 cm³/mol. The van der Waals surface area contributed by atoms with Gasteiger partial charge in [0.05, 0.1) is 17.1 Å². The lowest BCUT2D eigenvalue weighted by Crippen LogP contribution is -2.28. The van der Waals surface area contributed by atoms with E-state index < -0.39 is 0 Å². The standard InChI is InChI=1S/C51H35N5/c1-5-17-34(18-6-1)42-33-48-44(40-26-13-15-27-45(40)55(48)38-23-11-4-12-24-38)32-41(42)37-29-30-47-43(31-37)39-25-14-16-28-46(39)56(47)51-53-49(35-19-7-2-8-20-35)52-50(54-51)36-21-9-3-10-22-36/h1-33,40,45H. The number of para-hydroxylation sites is 2. The molecule has 0 saturated heterocycles. The summed E-state index contributed by atoms with van der Waals surface area (Å²) < 4.78 is 2.19. The summed E-state index contributed by atoms with van der Waals surface area (Å²) in [6, 6.07) is 62.4. The molecule has 2 unspecified atom stereocenters. The van der Waals surface area contributed by atoms with E-state index in [9.17, 15) is 0 Å². The Bertz CT molecular complexity index is 2910. The van der Waals surface area contributed by atoms with Gasteiger partial charge in [0.1, 0.15) is 0 Å². The number of anilines is 2. The van der Waals surface area contributed by atoms with Crippen LogP contribution in [0.15, 0.2) is 200 Å². The van der Waals surface area contributed by atoms with Crippen molar-refractivity contribution in [2.45, 2.75) is 12.0 Å². The van der Waals surface area contributed by atoms with Gasteiger partial charge in [0, 0.05) is 39.2 Å². The molecule has 2 atom stereocenters. The third kappa shape index (κ3) is 5.28. The lowest BCUT2D eigenvalue weighted by atomic mass is 9.86. The Balaban J connectivity index is 1.13. The van der Waals surface area contributed by atoms with Crippen LogP contribution in [-0.4, -0.2) is 25.6 Å². The molecule has 11 rings (SSSR count). The first-order valence-corrected chi connectivity index (χ1v) is 19.1. The molecule has 9 aromatic rings. The molecule has 0 radical (unpaired) electrons. The molecule has 1 aliphatic heterocycles. The van der Waals surface area contributed by atoms with Gasteiger partial charge in [-0.05, 0) is 70.3 Å². The van der Waals surface area contributed by atoms with E-state index in [0.717, 1.165) is 38.5 Å². The van der Waals surface area contributed by atoms with E-state index in [0.29, 0.717) is 17.6 Å². The maximum Gasteiger partial charge on any atom is 0.238 e. The average molecular weight is 718 g/mol. The highest BCUT2D eigenvalue weighted by Crippen LogP contribution is 2.51. The average Bonchev–Trinajstić information content (AvgIpc) is 3.79. The van der Waals surface area contributed by atoms with E-state index in [-0.39, 0.29) is 12.0 Å². The smallest absolute Gasteiger partial charge is 0.238 e. The van der Waals surface area contributed by atoms with Crippen LogP contribution in [0.25, 0.3) is 72.8 Å². The first-order chi connectivity index (χ1) is 27.8. The number of benzene rings is 7. The van der Waals surface area contributed by atoms with Crippen LogP contribution in [0.2, 0.25) is 0 Å². The number of rotatable bonds is 6. The minimum Gasteiger partial charge on any atom is -0.333 e. The van der Waals surface area contributed by atoms with Crippen molar-refractivity contribution in [3.05, 3.63) is 206 Å². The van der Waals surface area contributed by atoms with Crippen LogP contribution < -0.4 is 4.90 Å². The van der Waals surface area contributed by atoms with Crippen LogP contribution in [0, 0.1) is 0 Å². The lowest BCUT2D eigenvalue weighted by Gasteiger charge is -2.28. The summed E-state index contributed by atoms with van der Waals surface area (Å²) in [5, 5.41) is 2.29. The van der Waals surface area contributed by atoms with Gasteiger partial charge in [-0.1, -0.05) is 158 Å². The van der Waals surface area contributed by atoms with E-state index in [1.54, 1.807) is 0 Å². The third-order valence-electron chi connectivity index (χ3n) is 11.2. The van der Waals surface area contributed by atoms with E-state index in [1.165, 1.54) is 33.6 Å². The molecule has 7 aromatic carbocycles. The second-order valence-electron chi connectivity index (χ2n) is 14.4. The maximum atomic E-state index is 5.14. The van der Waals surface area contributed by atoms with Crippen LogP contribution in [0.1, 0.15) is 11.5 Å². The van der Waals surface area contributed by atoms with Crippen molar-refractivity contribution in [1.29, 1.82) is 0 Å². The molecule has 0 bridgehead atoms. The van der Waals surface area contributed by atoms with Crippen LogP contribution in [0.3, 0.4) is 0 Å². The molecule has 2 aliphatic rings. The predicted octanol–water partition coefficient (Wildman–Crippen LogP) is 12.4. The molecule has 3 heterocycles.